The third-order valence-electron chi connectivity index (χ3n) is 3.70. The molecule has 1 atom stereocenters. The minimum Gasteiger partial charge on any atom is -0.427 e. The molecule has 2 aromatic carbocycles. The number of hydrogen-bond acceptors (Lipinski definition) is 4. The zero-order valence-corrected chi connectivity index (χ0v) is 17.1. The van der Waals surface area contributed by atoms with E-state index in [1.165, 1.54) is 0 Å². The second-order valence-corrected chi connectivity index (χ2v) is 6.67. The van der Waals surface area contributed by atoms with Crippen molar-refractivity contribution in [2.24, 2.45) is 0 Å². The first-order valence-electron chi connectivity index (χ1n) is 8.64. The predicted molar refractivity (Wildman–Crippen MR) is 96.9 cm³/mol. The largest absolute Gasteiger partial charge is 0.483 e. The van der Waals surface area contributed by atoms with Crippen molar-refractivity contribution in [1.29, 1.82) is 0 Å². The van der Waals surface area contributed by atoms with Gasteiger partial charge in [0.25, 0.3) is 5.91 Å². The van der Waals surface area contributed by atoms with Crippen LogP contribution in [0.25, 0.3) is 0 Å². The molecule has 2 aromatic rings. The van der Waals surface area contributed by atoms with E-state index in [2.05, 4.69) is 9.47 Å². The van der Waals surface area contributed by atoms with Gasteiger partial charge in [0.1, 0.15) is 22.9 Å². The molecule has 0 aromatic heterocycles. The Morgan fingerprint density at radius 1 is 0.943 bits per heavy atom. The average Bonchev–Trinajstić information content (AvgIpc) is 2.68. The van der Waals surface area contributed by atoms with Gasteiger partial charge in [-0.25, -0.2) is 18.0 Å². The molecule has 2 N–H and O–H groups in total. The number of urea groups is 1. The van der Waals surface area contributed by atoms with Gasteiger partial charge in [-0.1, -0.05) is 17.7 Å². The summed E-state index contributed by atoms with van der Waals surface area (Å²) in [5, 5.41) is 2.63. The van der Waals surface area contributed by atoms with Gasteiger partial charge in [-0.15, -0.1) is 0 Å². The number of rotatable bonds is 7. The lowest BCUT2D eigenvalue weighted by Crippen LogP contribution is -2.48. The number of alkyl halides is 8. The molecular formula is C18H9ClF10N2O4. The van der Waals surface area contributed by atoms with Crippen LogP contribution in [0.1, 0.15) is 10.4 Å². The molecule has 0 bridgehead atoms. The van der Waals surface area contributed by atoms with Gasteiger partial charge >= 0.3 is 30.8 Å². The van der Waals surface area contributed by atoms with Crippen molar-refractivity contribution in [3.05, 3.63) is 58.6 Å². The van der Waals surface area contributed by atoms with E-state index in [1.807, 2.05) is 5.32 Å². The van der Waals surface area contributed by atoms with Crippen molar-refractivity contribution < 1.29 is 63.0 Å². The fraction of sp³-hybridized carbons (Fsp3) is 0.222. The lowest BCUT2D eigenvalue weighted by atomic mass is 10.2. The van der Waals surface area contributed by atoms with Crippen molar-refractivity contribution in [3.63, 3.8) is 0 Å². The van der Waals surface area contributed by atoms with E-state index in [0.29, 0.717) is 12.1 Å². The Hall–Kier alpha value is -3.27. The molecular weight excluding hydrogens is 534 g/mol. The molecule has 0 heterocycles. The molecule has 1 unspecified atom stereocenters. The fourth-order valence-corrected chi connectivity index (χ4v) is 2.38. The monoisotopic (exact) mass is 542 g/mol. The molecule has 17 heteroatoms. The minimum atomic E-state index is -6.50. The molecule has 0 radical (unpaired) electrons. The molecule has 0 aliphatic carbocycles. The first-order chi connectivity index (χ1) is 15.9. The van der Waals surface area contributed by atoms with Gasteiger partial charge in [-0.3, -0.25) is 14.8 Å². The van der Waals surface area contributed by atoms with Crippen LogP contribution < -0.4 is 15.4 Å². The zero-order chi connectivity index (χ0) is 26.8. The average molecular weight is 543 g/mol. The van der Waals surface area contributed by atoms with E-state index in [0.717, 1.165) is 24.3 Å². The van der Waals surface area contributed by atoms with Crippen LogP contribution in [0.3, 0.4) is 0 Å². The number of imide groups is 1. The molecule has 0 fully saturated rings. The second-order valence-electron chi connectivity index (χ2n) is 6.26. The van der Waals surface area contributed by atoms with E-state index in [9.17, 15) is 53.5 Å². The van der Waals surface area contributed by atoms with E-state index in [-0.39, 0.29) is 5.69 Å². The molecule has 0 aliphatic heterocycles. The topological polar surface area (TPSA) is 76.7 Å². The second kappa shape index (κ2) is 10.2. The van der Waals surface area contributed by atoms with E-state index in [1.54, 1.807) is 5.32 Å². The third kappa shape index (κ3) is 6.88. The standard InChI is InChI=1S/C18H9ClF10N2O4/c19-8-6-7(30-15(33)31-13(32)12-9(20)2-1-3-10(12)21)4-5-11(8)34-16(23,24)14(22)35-18(28,29)17(25,26)27/h1-6,14H,(H2,30,31,32,33). The Balaban J connectivity index is 2.07. The third-order valence-corrected chi connectivity index (χ3v) is 3.99. The number of carbonyl (C=O) groups excluding carboxylic acids is 2. The van der Waals surface area contributed by atoms with Crippen molar-refractivity contribution >= 4 is 29.2 Å². The smallest absolute Gasteiger partial charge is 0.427 e. The van der Waals surface area contributed by atoms with E-state index in [4.69, 9.17) is 11.6 Å². The summed E-state index contributed by atoms with van der Waals surface area (Å²) >= 11 is 5.58. The van der Waals surface area contributed by atoms with Gasteiger partial charge in [-0.2, -0.15) is 30.7 Å². The zero-order valence-electron chi connectivity index (χ0n) is 16.3. The number of amides is 3. The maximum Gasteiger partial charge on any atom is 0.483 e. The lowest BCUT2D eigenvalue weighted by molar-refractivity contribution is -0.442. The number of hydrogen-bond donors (Lipinski definition) is 2. The molecule has 0 saturated heterocycles. The highest BCUT2D eigenvalue weighted by atomic mass is 35.5. The summed E-state index contributed by atoms with van der Waals surface area (Å²) in [5.74, 6) is -5.21. The summed E-state index contributed by atoms with van der Waals surface area (Å²) < 4.78 is 135. The van der Waals surface area contributed by atoms with Gasteiger partial charge in [0.05, 0.1) is 5.02 Å². The Morgan fingerprint density at radius 2 is 1.51 bits per heavy atom. The molecule has 0 saturated carbocycles. The van der Waals surface area contributed by atoms with Crippen LogP contribution in [0.5, 0.6) is 5.75 Å². The maximum absolute atomic E-state index is 13.6. The number of nitrogens with one attached hydrogen (secondary N) is 2. The normalized spacial score (nSPS) is 13.2. The van der Waals surface area contributed by atoms with E-state index >= 15 is 0 Å². The predicted octanol–water partition coefficient (Wildman–Crippen LogP) is 6.02. The van der Waals surface area contributed by atoms with Crippen molar-refractivity contribution in [2.45, 2.75) is 24.8 Å². The van der Waals surface area contributed by atoms with Gasteiger partial charge in [-0.05, 0) is 30.3 Å². The summed E-state index contributed by atoms with van der Waals surface area (Å²) in [6.45, 7) is 0. The Kier molecular flexibility index (Phi) is 8.11. The van der Waals surface area contributed by atoms with Gasteiger partial charge < -0.3 is 10.1 Å². The highest BCUT2D eigenvalue weighted by Gasteiger charge is 2.64. The van der Waals surface area contributed by atoms with Gasteiger partial charge in [0, 0.05) is 5.69 Å². The van der Waals surface area contributed by atoms with Crippen LogP contribution in [0, 0.1) is 11.6 Å². The minimum absolute atomic E-state index is 0.360. The van der Waals surface area contributed by atoms with Crippen LogP contribution in [0.4, 0.5) is 54.4 Å². The number of benzene rings is 2. The number of ether oxygens (including phenoxy) is 2. The van der Waals surface area contributed by atoms with Crippen molar-refractivity contribution in [2.75, 3.05) is 5.32 Å². The first kappa shape index (κ1) is 28.0. The van der Waals surface area contributed by atoms with Crippen molar-refractivity contribution in [3.8, 4) is 5.75 Å². The molecule has 6 nitrogen and oxygen atoms in total. The van der Waals surface area contributed by atoms with Gasteiger partial charge in [0.2, 0.25) is 0 Å². The van der Waals surface area contributed by atoms with Gasteiger partial charge in [0.15, 0.2) is 0 Å². The number of anilines is 1. The molecule has 0 spiro atoms. The van der Waals surface area contributed by atoms with Crippen LogP contribution >= 0.6 is 11.6 Å². The summed E-state index contributed by atoms with van der Waals surface area (Å²) in [4.78, 5) is 23.7. The fourth-order valence-electron chi connectivity index (χ4n) is 2.16. The van der Waals surface area contributed by atoms with Crippen LogP contribution in [-0.2, 0) is 4.74 Å². The molecule has 0 aliphatic rings. The lowest BCUT2D eigenvalue weighted by Gasteiger charge is -2.26. The number of carbonyl (C=O) groups is 2. The number of halogens is 11. The summed E-state index contributed by atoms with van der Waals surface area (Å²) in [5.41, 5.74) is -1.45. The van der Waals surface area contributed by atoms with E-state index < -0.39 is 64.7 Å². The Morgan fingerprint density at radius 3 is 2.03 bits per heavy atom. The van der Waals surface area contributed by atoms with Crippen molar-refractivity contribution in [1.82, 2.24) is 5.32 Å². The summed E-state index contributed by atoms with van der Waals surface area (Å²) in [7, 11) is 0. The Labute approximate surface area is 192 Å². The highest BCUT2D eigenvalue weighted by molar-refractivity contribution is 6.32. The summed E-state index contributed by atoms with van der Waals surface area (Å²) in [6.07, 6.45) is -22.8. The van der Waals surface area contributed by atoms with Crippen LogP contribution in [0.15, 0.2) is 36.4 Å². The maximum atomic E-state index is 13.6. The van der Waals surface area contributed by atoms with Crippen LogP contribution in [-0.4, -0.2) is 36.7 Å². The molecule has 2 rings (SSSR count). The quantitative estimate of drug-likeness (QED) is 0.420. The summed E-state index contributed by atoms with van der Waals surface area (Å²) in [6, 6.07) is 2.96. The Bertz CT molecular complexity index is 1090. The molecule has 192 valence electrons. The molecule has 35 heavy (non-hydrogen) atoms. The SMILES string of the molecule is O=C(NC(=O)c1c(F)cccc1F)Nc1ccc(OC(F)(F)C(F)OC(F)(F)C(F)(F)F)c(Cl)c1. The first-order valence-corrected chi connectivity index (χ1v) is 9.01. The highest BCUT2D eigenvalue weighted by Crippen LogP contribution is 2.41. The van der Waals surface area contributed by atoms with Crippen LogP contribution in [0.2, 0.25) is 5.02 Å². The molecule has 3 amide bonds.